The zero-order chi connectivity index (χ0) is 30.8. The van der Waals surface area contributed by atoms with Crippen LogP contribution in [0.4, 0.5) is 23.4 Å². The summed E-state index contributed by atoms with van der Waals surface area (Å²) < 4.78 is 55.6. The number of aromatic nitrogens is 1. The molecule has 0 bridgehead atoms. The minimum absolute atomic E-state index is 0.113. The van der Waals surface area contributed by atoms with Crippen LogP contribution < -0.4 is 10.6 Å². The smallest absolute Gasteiger partial charge is 0.386 e. The maximum absolute atomic E-state index is 14.0. The second-order valence-electron chi connectivity index (χ2n) is 10.2. The summed E-state index contributed by atoms with van der Waals surface area (Å²) in [5, 5.41) is 5.91. The normalized spacial score (nSPS) is 13.5. The molecule has 2 heterocycles. The van der Waals surface area contributed by atoms with Crippen molar-refractivity contribution < 1.29 is 36.7 Å². The molecule has 1 aliphatic heterocycles. The quantitative estimate of drug-likeness (QED) is 0.179. The first-order valence-electron chi connectivity index (χ1n) is 13.9. The van der Waals surface area contributed by atoms with Gasteiger partial charge in [-0.3, -0.25) is 14.5 Å². The molecule has 2 aromatic carbocycles. The number of fused-ring (bicyclic) bond motifs is 1. The first kappa shape index (κ1) is 31.6. The van der Waals surface area contributed by atoms with Crippen molar-refractivity contribution in [2.75, 3.05) is 31.5 Å². The van der Waals surface area contributed by atoms with Gasteiger partial charge in [0.2, 0.25) is 5.91 Å². The minimum atomic E-state index is -5.37. The third-order valence-electron chi connectivity index (χ3n) is 6.96. The van der Waals surface area contributed by atoms with E-state index in [9.17, 15) is 31.9 Å². The van der Waals surface area contributed by atoms with E-state index >= 15 is 0 Å². The van der Waals surface area contributed by atoms with Crippen LogP contribution in [0.15, 0.2) is 66.7 Å². The molecule has 0 saturated carbocycles. The number of halogens is 4. The summed E-state index contributed by atoms with van der Waals surface area (Å²) in [6.45, 7) is 1.72. The molecule has 0 saturated heterocycles. The highest BCUT2D eigenvalue weighted by atomic mass is 19.4. The molecule has 0 fully saturated rings. The van der Waals surface area contributed by atoms with Crippen molar-refractivity contribution in [1.82, 2.24) is 15.2 Å². The standard InChI is InChI=1S/C31H32F4N4O4/c32-24-10-4-8-23(18-24)26(19-28(41)43-30(42)31(33,34)35)38-27(40)20-39(16-13-21-6-2-1-3-7-21)17-14-25-12-11-22-9-5-15-36-29(22)37-25/h1-4,6-8,10-12,18,26H,5,9,13-17,19-20H2,(H,36,37)(H,38,40)/t26-/m0/s1. The molecule has 0 radical (unpaired) electrons. The lowest BCUT2D eigenvalue weighted by Crippen LogP contribution is -2.41. The number of carbonyl (C=O) groups excluding carboxylic acids is 3. The molecule has 2 N–H and O–H groups in total. The highest BCUT2D eigenvalue weighted by Crippen LogP contribution is 2.22. The Bertz CT molecular complexity index is 1420. The Hall–Kier alpha value is -4.32. The van der Waals surface area contributed by atoms with Gasteiger partial charge in [-0.2, -0.15) is 13.2 Å². The zero-order valence-electron chi connectivity index (χ0n) is 23.3. The molecule has 1 aliphatic rings. The van der Waals surface area contributed by atoms with Crippen LogP contribution in [0.2, 0.25) is 0 Å². The minimum Gasteiger partial charge on any atom is -0.386 e. The number of anilines is 1. The fourth-order valence-electron chi connectivity index (χ4n) is 4.77. The lowest BCUT2D eigenvalue weighted by Gasteiger charge is -2.25. The van der Waals surface area contributed by atoms with Gasteiger partial charge in [0.05, 0.1) is 19.0 Å². The van der Waals surface area contributed by atoms with Crippen molar-refractivity contribution in [1.29, 1.82) is 0 Å². The molecular weight excluding hydrogens is 568 g/mol. The van der Waals surface area contributed by atoms with E-state index in [1.165, 1.54) is 12.1 Å². The van der Waals surface area contributed by atoms with Gasteiger partial charge in [-0.1, -0.05) is 48.5 Å². The van der Waals surface area contributed by atoms with Gasteiger partial charge in [-0.05, 0) is 54.2 Å². The third-order valence-corrected chi connectivity index (χ3v) is 6.96. The van der Waals surface area contributed by atoms with E-state index in [4.69, 9.17) is 4.98 Å². The summed E-state index contributed by atoms with van der Waals surface area (Å²) in [5.74, 6) is -4.53. The number of aryl methyl sites for hydroxylation is 1. The Kier molecular flexibility index (Phi) is 10.8. The fraction of sp³-hybridized carbons (Fsp3) is 0.355. The first-order valence-corrected chi connectivity index (χ1v) is 13.9. The topological polar surface area (TPSA) is 101 Å². The largest absolute Gasteiger partial charge is 0.491 e. The number of benzene rings is 2. The van der Waals surface area contributed by atoms with Gasteiger partial charge in [0.25, 0.3) is 0 Å². The lowest BCUT2D eigenvalue weighted by atomic mass is 10.0. The van der Waals surface area contributed by atoms with Crippen molar-refractivity contribution in [3.63, 3.8) is 0 Å². The number of amides is 1. The predicted octanol–water partition coefficient (Wildman–Crippen LogP) is 4.55. The Labute approximate surface area is 246 Å². The van der Waals surface area contributed by atoms with Gasteiger partial charge in [-0.15, -0.1) is 0 Å². The molecule has 228 valence electrons. The monoisotopic (exact) mass is 600 g/mol. The molecule has 0 spiro atoms. The van der Waals surface area contributed by atoms with Crippen molar-refractivity contribution >= 4 is 23.7 Å². The summed E-state index contributed by atoms with van der Waals surface area (Å²) in [6.07, 6.45) is -2.97. The summed E-state index contributed by atoms with van der Waals surface area (Å²) in [7, 11) is 0. The lowest BCUT2D eigenvalue weighted by molar-refractivity contribution is -0.202. The summed E-state index contributed by atoms with van der Waals surface area (Å²) >= 11 is 0. The van der Waals surface area contributed by atoms with E-state index in [1.807, 2.05) is 41.3 Å². The molecule has 12 heteroatoms. The van der Waals surface area contributed by atoms with Crippen molar-refractivity contribution in [2.45, 2.75) is 44.3 Å². The number of carbonyl (C=O) groups is 3. The molecule has 43 heavy (non-hydrogen) atoms. The van der Waals surface area contributed by atoms with Gasteiger partial charge in [-0.25, -0.2) is 14.2 Å². The fourth-order valence-corrected chi connectivity index (χ4v) is 4.77. The van der Waals surface area contributed by atoms with Gasteiger partial charge >= 0.3 is 18.1 Å². The number of hydrogen-bond acceptors (Lipinski definition) is 7. The molecule has 4 rings (SSSR count). The Morgan fingerprint density at radius 3 is 2.51 bits per heavy atom. The Balaban J connectivity index is 1.45. The number of nitrogens with one attached hydrogen (secondary N) is 2. The van der Waals surface area contributed by atoms with E-state index in [2.05, 4.69) is 21.4 Å². The average Bonchev–Trinajstić information content (AvgIpc) is 2.98. The first-order chi connectivity index (χ1) is 20.6. The number of ether oxygens (including phenoxy) is 1. The van der Waals surface area contributed by atoms with E-state index < -0.39 is 42.3 Å². The molecule has 1 atom stereocenters. The number of alkyl halides is 3. The number of nitrogens with zero attached hydrogens (tertiary/aromatic N) is 2. The number of esters is 2. The third kappa shape index (κ3) is 9.88. The van der Waals surface area contributed by atoms with Crippen molar-refractivity contribution in [2.24, 2.45) is 0 Å². The molecule has 3 aromatic rings. The van der Waals surface area contributed by atoms with E-state index in [-0.39, 0.29) is 12.1 Å². The van der Waals surface area contributed by atoms with Crippen LogP contribution in [0.5, 0.6) is 0 Å². The van der Waals surface area contributed by atoms with Gasteiger partial charge in [0.1, 0.15) is 11.6 Å². The van der Waals surface area contributed by atoms with Gasteiger partial charge in [0.15, 0.2) is 0 Å². The van der Waals surface area contributed by atoms with Gasteiger partial charge < -0.3 is 15.4 Å². The summed E-state index contributed by atoms with van der Waals surface area (Å²) in [4.78, 5) is 43.2. The molecule has 0 aliphatic carbocycles. The number of hydrogen-bond donors (Lipinski definition) is 2. The average molecular weight is 601 g/mol. The van der Waals surface area contributed by atoms with Crippen LogP contribution >= 0.6 is 0 Å². The van der Waals surface area contributed by atoms with E-state index in [1.54, 1.807) is 0 Å². The Morgan fingerprint density at radius 1 is 1.00 bits per heavy atom. The molecule has 8 nitrogen and oxygen atoms in total. The van der Waals surface area contributed by atoms with Crippen LogP contribution in [0.1, 0.15) is 41.3 Å². The molecular formula is C31H32F4N4O4. The van der Waals surface area contributed by atoms with Crippen molar-refractivity contribution in [3.8, 4) is 0 Å². The van der Waals surface area contributed by atoms with Crippen LogP contribution in [-0.2, 0) is 38.4 Å². The SMILES string of the molecule is O=C(CN(CCc1ccccc1)CCc1ccc2c(n1)NCCC2)N[C@@H](CC(=O)OC(=O)C(F)(F)F)c1cccc(F)c1. The zero-order valence-corrected chi connectivity index (χ0v) is 23.3. The molecule has 0 unspecified atom stereocenters. The van der Waals surface area contributed by atoms with Crippen LogP contribution in [0.3, 0.4) is 0 Å². The van der Waals surface area contributed by atoms with E-state index in [0.29, 0.717) is 25.9 Å². The Morgan fingerprint density at radius 2 is 1.77 bits per heavy atom. The van der Waals surface area contributed by atoms with Crippen molar-refractivity contribution in [3.05, 3.63) is 94.9 Å². The van der Waals surface area contributed by atoms with Crippen LogP contribution in [0, 0.1) is 5.82 Å². The van der Waals surface area contributed by atoms with E-state index in [0.717, 1.165) is 54.2 Å². The number of pyridine rings is 1. The highest BCUT2D eigenvalue weighted by molar-refractivity contribution is 5.89. The van der Waals surface area contributed by atoms with Crippen LogP contribution in [0.25, 0.3) is 0 Å². The predicted molar refractivity (Wildman–Crippen MR) is 150 cm³/mol. The summed E-state index contributed by atoms with van der Waals surface area (Å²) in [5.41, 5.74) is 3.22. The number of rotatable bonds is 12. The summed E-state index contributed by atoms with van der Waals surface area (Å²) in [6, 6.07) is 17.4. The second-order valence-corrected chi connectivity index (χ2v) is 10.2. The van der Waals surface area contributed by atoms with Crippen LogP contribution in [-0.4, -0.2) is 60.1 Å². The maximum atomic E-state index is 14.0. The molecule has 1 amide bonds. The molecule has 1 aromatic heterocycles. The van der Waals surface area contributed by atoms with Gasteiger partial charge in [0, 0.05) is 31.7 Å². The second kappa shape index (κ2) is 14.7. The maximum Gasteiger partial charge on any atom is 0.491 e. The highest BCUT2D eigenvalue weighted by Gasteiger charge is 2.42.